The van der Waals surface area contributed by atoms with E-state index in [9.17, 15) is 5.11 Å². The molecule has 4 atom stereocenters. The van der Waals surface area contributed by atoms with Crippen molar-refractivity contribution in [3.63, 3.8) is 0 Å². The van der Waals surface area contributed by atoms with E-state index in [2.05, 4.69) is 60.4 Å². The van der Waals surface area contributed by atoms with Crippen molar-refractivity contribution in [3.05, 3.63) is 83.9 Å². The Kier molecular flexibility index (Phi) is 3.64. The maximum atomic E-state index is 10.9. The molecule has 1 N–H and O–H groups in total. The predicted molar refractivity (Wildman–Crippen MR) is 94.3 cm³/mol. The van der Waals surface area contributed by atoms with Gasteiger partial charge in [-0.15, -0.1) is 0 Å². The molecule has 0 saturated carbocycles. The van der Waals surface area contributed by atoms with Gasteiger partial charge in [-0.25, -0.2) is 0 Å². The van der Waals surface area contributed by atoms with Gasteiger partial charge in [0.1, 0.15) is 0 Å². The van der Waals surface area contributed by atoms with Crippen LogP contribution in [-0.4, -0.2) is 22.6 Å². The van der Waals surface area contributed by atoms with Crippen LogP contribution >= 0.6 is 0 Å². The maximum Gasteiger partial charge on any atom is 0.0963 e. The molecule has 0 aliphatic carbocycles. The minimum atomic E-state index is -0.438. The number of aliphatic hydroxyl groups is 1. The summed E-state index contributed by atoms with van der Waals surface area (Å²) in [5.74, 6) is 0. The standard InChI is InChI=1S/C21H21NO/c1-15(16-8-3-2-4-9-16)22-14-20(22)21(23)19-13-7-11-17-10-5-6-12-18(17)19/h2-13,15,20-21,23H,14H2,1H3/t15-,20-,21+,22?/m1/s1. The molecule has 3 aromatic rings. The van der Waals surface area contributed by atoms with Gasteiger partial charge in [0.25, 0.3) is 0 Å². The SMILES string of the molecule is C[C@H](c1ccccc1)N1C[C@@H]1[C@@H](O)c1cccc2ccccc12. The van der Waals surface area contributed by atoms with Crippen LogP contribution in [0.2, 0.25) is 0 Å². The molecule has 1 aliphatic rings. The number of nitrogens with zero attached hydrogens (tertiary/aromatic N) is 1. The number of rotatable bonds is 4. The third kappa shape index (κ3) is 2.65. The van der Waals surface area contributed by atoms with Crippen molar-refractivity contribution >= 4 is 10.8 Å². The van der Waals surface area contributed by atoms with E-state index in [0.717, 1.165) is 17.5 Å². The van der Waals surface area contributed by atoms with Crippen molar-refractivity contribution in [2.75, 3.05) is 6.54 Å². The summed E-state index contributed by atoms with van der Waals surface area (Å²) in [6.45, 7) is 3.16. The average molecular weight is 303 g/mol. The molecule has 3 aromatic carbocycles. The van der Waals surface area contributed by atoms with Gasteiger partial charge in [-0.2, -0.15) is 0 Å². The minimum Gasteiger partial charge on any atom is -0.387 e. The maximum absolute atomic E-state index is 10.9. The van der Waals surface area contributed by atoms with Crippen LogP contribution in [0.3, 0.4) is 0 Å². The first kappa shape index (κ1) is 14.4. The summed E-state index contributed by atoms with van der Waals surface area (Å²) in [5.41, 5.74) is 2.34. The summed E-state index contributed by atoms with van der Waals surface area (Å²) >= 11 is 0. The molecule has 0 radical (unpaired) electrons. The van der Waals surface area contributed by atoms with Crippen molar-refractivity contribution < 1.29 is 5.11 Å². The fraction of sp³-hybridized carbons (Fsp3) is 0.238. The van der Waals surface area contributed by atoms with Gasteiger partial charge in [-0.05, 0) is 28.8 Å². The highest BCUT2D eigenvalue weighted by Crippen LogP contribution is 2.40. The topological polar surface area (TPSA) is 23.2 Å². The summed E-state index contributed by atoms with van der Waals surface area (Å²) < 4.78 is 0. The summed E-state index contributed by atoms with van der Waals surface area (Å²) in [4.78, 5) is 2.36. The van der Waals surface area contributed by atoms with E-state index in [4.69, 9.17) is 0 Å². The highest BCUT2D eigenvalue weighted by atomic mass is 16.3. The molecule has 1 fully saturated rings. The van der Waals surface area contributed by atoms with Crippen LogP contribution in [0.1, 0.15) is 30.2 Å². The van der Waals surface area contributed by atoms with Gasteiger partial charge in [0.15, 0.2) is 0 Å². The molecule has 23 heavy (non-hydrogen) atoms. The van der Waals surface area contributed by atoms with Crippen molar-refractivity contribution in [2.45, 2.75) is 25.1 Å². The van der Waals surface area contributed by atoms with Gasteiger partial charge in [-0.1, -0.05) is 72.8 Å². The molecule has 1 aliphatic heterocycles. The Hall–Kier alpha value is -2.16. The molecule has 1 unspecified atom stereocenters. The van der Waals surface area contributed by atoms with Crippen LogP contribution < -0.4 is 0 Å². The summed E-state index contributed by atoms with van der Waals surface area (Å²) in [6, 6.07) is 25.5. The summed E-state index contributed by atoms with van der Waals surface area (Å²) in [6.07, 6.45) is -0.438. The van der Waals surface area contributed by atoms with Crippen LogP contribution in [-0.2, 0) is 0 Å². The zero-order valence-corrected chi connectivity index (χ0v) is 13.3. The Morgan fingerprint density at radius 1 is 0.913 bits per heavy atom. The first-order chi connectivity index (χ1) is 11.3. The number of hydrogen-bond donors (Lipinski definition) is 1. The average Bonchev–Trinajstić information content (AvgIpc) is 3.41. The number of fused-ring (bicyclic) bond motifs is 1. The van der Waals surface area contributed by atoms with E-state index in [-0.39, 0.29) is 6.04 Å². The molecule has 0 amide bonds. The van der Waals surface area contributed by atoms with E-state index in [1.165, 1.54) is 10.9 Å². The van der Waals surface area contributed by atoms with Gasteiger partial charge < -0.3 is 5.11 Å². The van der Waals surface area contributed by atoms with E-state index in [0.29, 0.717) is 6.04 Å². The molecule has 0 aromatic heterocycles. The number of hydrogen-bond acceptors (Lipinski definition) is 2. The zero-order valence-electron chi connectivity index (χ0n) is 13.3. The third-order valence-electron chi connectivity index (χ3n) is 4.98. The molecule has 1 heterocycles. The van der Waals surface area contributed by atoms with Crippen LogP contribution in [0.5, 0.6) is 0 Å². The zero-order chi connectivity index (χ0) is 15.8. The molecule has 0 bridgehead atoms. The van der Waals surface area contributed by atoms with Gasteiger partial charge in [0.05, 0.1) is 12.1 Å². The van der Waals surface area contributed by atoms with E-state index < -0.39 is 6.10 Å². The lowest BCUT2D eigenvalue weighted by Gasteiger charge is -2.18. The number of aliphatic hydroxyl groups excluding tert-OH is 1. The fourth-order valence-corrected chi connectivity index (χ4v) is 3.53. The lowest BCUT2D eigenvalue weighted by Crippen LogP contribution is -2.14. The minimum absolute atomic E-state index is 0.205. The Labute approximate surface area is 137 Å². The molecule has 116 valence electrons. The molecule has 1 saturated heterocycles. The first-order valence-electron chi connectivity index (χ1n) is 8.22. The second-order valence-corrected chi connectivity index (χ2v) is 6.36. The Morgan fingerprint density at radius 2 is 1.61 bits per heavy atom. The van der Waals surface area contributed by atoms with Crippen molar-refractivity contribution in [3.8, 4) is 0 Å². The Bertz CT molecular complexity index is 809. The third-order valence-corrected chi connectivity index (χ3v) is 4.98. The van der Waals surface area contributed by atoms with Crippen molar-refractivity contribution in [1.82, 2.24) is 4.90 Å². The van der Waals surface area contributed by atoms with Gasteiger partial charge in [-0.3, -0.25) is 4.90 Å². The van der Waals surface area contributed by atoms with Crippen LogP contribution in [0, 0.1) is 0 Å². The molecule has 0 spiro atoms. The smallest absolute Gasteiger partial charge is 0.0963 e. The highest BCUT2D eigenvalue weighted by Gasteiger charge is 2.43. The number of benzene rings is 3. The fourth-order valence-electron chi connectivity index (χ4n) is 3.53. The second-order valence-electron chi connectivity index (χ2n) is 6.36. The molecule has 2 heteroatoms. The lowest BCUT2D eigenvalue weighted by atomic mass is 9.98. The molecule has 2 nitrogen and oxygen atoms in total. The van der Waals surface area contributed by atoms with E-state index in [1.807, 2.05) is 24.3 Å². The van der Waals surface area contributed by atoms with Crippen LogP contribution in [0.4, 0.5) is 0 Å². The van der Waals surface area contributed by atoms with Gasteiger partial charge >= 0.3 is 0 Å². The highest BCUT2D eigenvalue weighted by molar-refractivity contribution is 5.86. The van der Waals surface area contributed by atoms with E-state index in [1.54, 1.807) is 0 Å². The summed E-state index contributed by atoms with van der Waals surface area (Å²) in [5, 5.41) is 13.2. The molecular weight excluding hydrogens is 282 g/mol. The van der Waals surface area contributed by atoms with E-state index >= 15 is 0 Å². The largest absolute Gasteiger partial charge is 0.387 e. The van der Waals surface area contributed by atoms with Gasteiger partial charge in [0.2, 0.25) is 0 Å². The van der Waals surface area contributed by atoms with Crippen LogP contribution in [0.15, 0.2) is 72.8 Å². The van der Waals surface area contributed by atoms with Crippen molar-refractivity contribution in [2.24, 2.45) is 0 Å². The lowest BCUT2D eigenvalue weighted by molar-refractivity contribution is 0.152. The monoisotopic (exact) mass is 303 g/mol. The normalized spacial score (nSPS) is 22.7. The van der Waals surface area contributed by atoms with Crippen molar-refractivity contribution in [1.29, 1.82) is 0 Å². The summed E-state index contributed by atoms with van der Waals surface area (Å²) in [7, 11) is 0. The molecule has 4 rings (SSSR count). The van der Waals surface area contributed by atoms with Gasteiger partial charge in [0, 0.05) is 12.6 Å². The Balaban J connectivity index is 1.58. The Morgan fingerprint density at radius 3 is 2.43 bits per heavy atom. The van der Waals surface area contributed by atoms with Crippen LogP contribution in [0.25, 0.3) is 10.8 Å². The second kappa shape index (κ2) is 5.80. The quantitative estimate of drug-likeness (QED) is 0.726. The predicted octanol–water partition coefficient (Wildman–Crippen LogP) is 4.32. The molecular formula is C21H21NO. The first-order valence-corrected chi connectivity index (χ1v) is 8.22.